The molecule has 2 heterocycles. The summed E-state index contributed by atoms with van der Waals surface area (Å²) < 4.78 is 6.08. The van der Waals surface area contributed by atoms with Crippen LogP contribution in [-0.4, -0.2) is 4.98 Å². The van der Waals surface area contributed by atoms with Gasteiger partial charge < -0.3 is 4.42 Å². The maximum atomic E-state index is 12.7. The molecule has 2 aromatic heterocycles. The third-order valence-corrected chi connectivity index (χ3v) is 3.98. The molecular formula is C18H16ClNO2. The minimum Gasteiger partial charge on any atom is -0.455 e. The molecule has 3 aromatic rings. The SMILES string of the molecule is Cc1cc([C@H](C)Cl)c2oc(-c3cccnc3)c(C)c(=O)c2c1. The highest BCUT2D eigenvalue weighted by Crippen LogP contribution is 2.32. The summed E-state index contributed by atoms with van der Waals surface area (Å²) in [6.45, 7) is 5.60. The van der Waals surface area contributed by atoms with Crippen LogP contribution in [0.25, 0.3) is 22.3 Å². The van der Waals surface area contributed by atoms with Gasteiger partial charge in [0.2, 0.25) is 0 Å². The van der Waals surface area contributed by atoms with E-state index in [4.69, 9.17) is 16.0 Å². The molecule has 1 aromatic carbocycles. The third kappa shape index (κ3) is 2.42. The van der Waals surface area contributed by atoms with Crippen LogP contribution in [0.3, 0.4) is 0 Å². The molecule has 0 radical (unpaired) electrons. The van der Waals surface area contributed by atoms with Crippen LogP contribution < -0.4 is 5.43 Å². The first-order valence-electron chi connectivity index (χ1n) is 7.11. The molecule has 4 heteroatoms. The van der Waals surface area contributed by atoms with E-state index >= 15 is 0 Å². The molecule has 3 nitrogen and oxygen atoms in total. The molecule has 22 heavy (non-hydrogen) atoms. The Labute approximate surface area is 133 Å². The minimum atomic E-state index is -0.241. The van der Waals surface area contributed by atoms with Crippen LogP contribution in [0.2, 0.25) is 0 Å². The van der Waals surface area contributed by atoms with Crippen LogP contribution in [0.5, 0.6) is 0 Å². The Morgan fingerprint density at radius 2 is 2.05 bits per heavy atom. The molecule has 0 fully saturated rings. The predicted octanol–water partition coefficient (Wildman–Crippen LogP) is 4.77. The zero-order chi connectivity index (χ0) is 15.9. The Morgan fingerprint density at radius 1 is 1.27 bits per heavy atom. The van der Waals surface area contributed by atoms with E-state index in [1.54, 1.807) is 19.3 Å². The molecule has 3 rings (SSSR count). The van der Waals surface area contributed by atoms with Crippen molar-refractivity contribution in [2.24, 2.45) is 0 Å². The maximum Gasteiger partial charge on any atom is 0.196 e. The second kappa shape index (κ2) is 5.58. The lowest BCUT2D eigenvalue weighted by molar-refractivity contribution is 0.608. The summed E-state index contributed by atoms with van der Waals surface area (Å²) in [6.07, 6.45) is 3.38. The largest absolute Gasteiger partial charge is 0.455 e. The van der Waals surface area contributed by atoms with Crippen molar-refractivity contribution in [1.29, 1.82) is 0 Å². The van der Waals surface area contributed by atoms with Crippen LogP contribution in [0, 0.1) is 13.8 Å². The van der Waals surface area contributed by atoms with Gasteiger partial charge in [0.25, 0.3) is 0 Å². The van der Waals surface area contributed by atoms with Gasteiger partial charge in [-0.1, -0.05) is 6.07 Å². The Bertz CT molecular complexity index is 898. The van der Waals surface area contributed by atoms with Crippen LogP contribution in [0.15, 0.2) is 45.9 Å². The van der Waals surface area contributed by atoms with E-state index in [1.807, 2.05) is 38.1 Å². The number of pyridine rings is 1. The number of benzene rings is 1. The first-order chi connectivity index (χ1) is 10.5. The number of nitrogens with zero attached hydrogens (tertiary/aromatic N) is 1. The lowest BCUT2D eigenvalue weighted by Crippen LogP contribution is -2.09. The molecule has 0 unspecified atom stereocenters. The summed E-state index contributed by atoms with van der Waals surface area (Å²) in [5, 5.41) is 0.336. The molecule has 0 aliphatic carbocycles. The summed E-state index contributed by atoms with van der Waals surface area (Å²) in [5.74, 6) is 0.549. The summed E-state index contributed by atoms with van der Waals surface area (Å²) in [5.41, 5.74) is 3.73. The van der Waals surface area contributed by atoms with Crippen molar-refractivity contribution in [2.45, 2.75) is 26.1 Å². The maximum absolute atomic E-state index is 12.7. The number of halogens is 1. The van der Waals surface area contributed by atoms with Crippen molar-refractivity contribution >= 4 is 22.6 Å². The number of alkyl halides is 1. The number of aromatic nitrogens is 1. The first-order valence-corrected chi connectivity index (χ1v) is 7.55. The lowest BCUT2D eigenvalue weighted by Gasteiger charge is -2.12. The molecule has 0 N–H and O–H groups in total. The van der Waals surface area contributed by atoms with Crippen molar-refractivity contribution in [3.05, 3.63) is 63.6 Å². The number of fused-ring (bicyclic) bond motifs is 1. The lowest BCUT2D eigenvalue weighted by atomic mass is 10.0. The highest BCUT2D eigenvalue weighted by Gasteiger charge is 2.17. The van der Waals surface area contributed by atoms with Gasteiger partial charge in [-0.3, -0.25) is 9.78 Å². The monoisotopic (exact) mass is 313 g/mol. The molecule has 0 saturated carbocycles. The Morgan fingerprint density at radius 3 is 2.68 bits per heavy atom. The topological polar surface area (TPSA) is 43.1 Å². The molecule has 0 saturated heterocycles. The zero-order valence-corrected chi connectivity index (χ0v) is 13.4. The number of hydrogen-bond donors (Lipinski definition) is 0. The zero-order valence-electron chi connectivity index (χ0n) is 12.7. The van der Waals surface area contributed by atoms with E-state index < -0.39 is 0 Å². The van der Waals surface area contributed by atoms with E-state index in [9.17, 15) is 4.79 Å². The van der Waals surface area contributed by atoms with Crippen molar-refractivity contribution in [3.63, 3.8) is 0 Å². The van der Waals surface area contributed by atoms with Crippen LogP contribution >= 0.6 is 11.6 Å². The fourth-order valence-electron chi connectivity index (χ4n) is 2.64. The van der Waals surface area contributed by atoms with Gasteiger partial charge in [0.15, 0.2) is 5.43 Å². The molecule has 1 atom stereocenters. The van der Waals surface area contributed by atoms with Crippen LogP contribution in [-0.2, 0) is 0 Å². The molecule has 0 amide bonds. The average Bonchev–Trinajstić information content (AvgIpc) is 2.51. The fourth-order valence-corrected chi connectivity index (χ4v) is 2.80. The van der Waals surface area contributed by atoms with Crippen molar-refractivity contribution in [3.8, 4) is 11.3 Å². The molecule has 0 aliphatic rings. The van der Waals surface area contributed by atoms with E-state index in [0.29, 0.717) is 22.3 Å². The first kappa shape index (κ1) is 14.8. The van der Waals surface area contributed by atoms with Gasteiger partial charge in [-0.25, -0.2) is 0 Å². The second-order valence-electron chi connectivity index (χ2n) is 5.47. The molecule has 0 bridgehead atoms. The molecule has 0 aliphatic heterocycles. The van der Waals surface area contributed by atoms with E-state index in [-0.39, 0.29) is 10.8 Å². The molecule has 112 valence electrons. The highest BCUT2D eigenvalue weighted by molar-refractivity contribution is 6.21. The van der Waals surface area contributed by atoms with Gasteiger partial charge in [-0.05, 0) is 44.5 Å². The smallest absolute Gasteiger partial charge is 0.196 e. The van der Waals surface area contributed by atoms with Crippen molar-refractivity contribution in [2.75, 3.05) is 0 Å². The normalized spacial score (nSPS) is 12.5. The number of hydrogen-bond acceptors (Lipinski definition) is 3. The summed E-state index contributed by atoms with van der Waals surface area (Å²) in [4.78, 5) is 16.8. The number of rotatable bonds is 2. The third-order valence-electron chi connectivity index (χ3n) is 3.74. The van der Waals surface area contributed by atoms with E-state index in [2.05, 4.69) is 4.98 Å². The van der Waals surface area contributed by atoms with Crippen LogP contribution in [0.1, 0.15) is 29.0 Å². The minimum absolute atomic E-state index is 0.0256. The number of aryl methyl sites for hydroxylation is 1. The van der Waals surface area contributed by atoms with Gasteiger partial charge in [0.1, 0.15) is 11.3 Å². The highest BCUT2D eigenvalue weighted by atomic mass is 35.5. The van der Waals surface area contributed by atoms with Gasteiger partial charge in [0, 0.05) is 29.1 Å². The van der Waals surface area contributed by atoms with Gasteiger partial charge in [-0.2, -0.15) is 0 Å². The van der Waals surface area contributed by atoms with Crippen molar-refractivity contribution < 1.29 is 4.42 Å². The van der Waals surface area contributed by atoms with Crippen LogP contribution in [0.4, 0.5) is 0 Å². The second-order valence-corrected chi connectivity index (χ2v) is 6.13. The fraction of sp³-hybridized carbons (Fsp3) is 0.222. The van der Waals surface area contributed by atoms with Gasteiger partial charge in [0.05, 0.1) is 10.8 Å². The summed E-state index contributed by atoms with van der Waals surface area (Å²) in [7, 11) is 0. The summed E-state index contributed by atoms with van der Waals surface area (Å²) >= 11 is 6.27. The Kier molecular flexibility index (Phi) is 3.75. The van der Waals surface area contributed by atoms with E-state index in [1.165, 1.54) is 0 Å². The van der Waals surface area contributed by atoms with Gasteiger partial charge >= 0.3 is 0 Å². The Hall–Kier alpha value is -2.13. The van der Waals surface area contributed by atoms with Crippen molar-refractivity contribution in [1.82, 2.24) is 4.98 Å². The molecule has 0 spiro atoms. The Balaban J connectivity index is 2.43. The quantitative estimate of drug-likeness (QED) is 0.640. The average molecular weight is 314 g/mol. The standard InChI is InChI=1S/C18H16ClNO2/c1-10-7-14(12(3)19)18-15(8-10)16(21)11(2)17(22-18)13-5-4-6-20-9-13/h4-9,12H,1-3H3/t12-/m0/s1. The predicted molar refractivity (Wildman–Crippen MR) is 89.5 cm³/mol. The van der Waals surface area contributed by atoms with Gasteiger partial charge in [-0.15, -0.1) is 11.6 Å². The summed E-state index contributed by atoms with van der Waals surface area (Å²) in [6, 6.07) is 7.51. The molecular weight excluding hydrogens is 298 g/mol. The van der Waals surface area contributed by atoms with E-state index in [0.717, 1.165) is 16.7 Å².